The Morgan fingerprint density at radius 3 is 2.52 bits per heavy atom. The topological polar surface area (TPSA) is 42.0 Å². The molecule has 154 valence electrons. The number of benzene rings is 2. The Kier molecular flexibility index (Phi) is 6.35. The second-order valence-corrected chi connectivity index (χ2v) is 7.79. The van der Waals surface area contributed by atoms with Gasteiger partial charge in [-0.15, -0.1) is 0 Å². The minimum absolute atomic E-state index is 0.256. The van der Waals surface area contributed by atoms with Crippen LogP contribution in [0.1, 0.15) is 35.2 Å². The number of methoxy groups -OCH3 is 1. The number of Topliss-reactive ketones (excluding diaryl/α,β-unsaturated/α-hetero) is 1. The SMILES string of the molecule is COc1ccc(N2CCN(CCCOc3cccc4c3CCCC4=O)CC2)cc1. The van der Waals surface area contributed by atoms with Crippen molar-refractivity contribution in [3.63, 3.8) is 0 Å². The van der Waals surface area contributed by atoms with E-state index in [0.29, 0.717) is 13.0 Å². The first-order valence-electron chi connectivity index (χ1n) is 10.6. The lowest BCUT2D eigenvalue weighted by molar-refractivity contribution is 0.0971. The van der Waals surface area contributed by atoms with Gasteiger partial charge in [-0.3, -0.25) is 9.69 Å². The summed E-state index contributed by atoms with van der Waals surface area (Å²) < 4.78 is 11.3. The summed E-state index contributed by atoms with van der Waals surface area (Å²) >= 11 is 0. The maximum absolute atomic E-state index is 12.1. The summed E-state index contributed by atoms with van der Waals surface area (Å²) in [6.07, 6.45) is 3.55. The third-order valence-electron chi connectivity index (χ3n) is 5.95. The zero-order chi connectivity index (χ0) is 20.1. The lowest BCUT2D eigenvalue weighted by Gasteiger charge is -2.36. The molecule has 2 aromatic carbocycles. The van der Waals surface area contributed by atoms with E-state index in [0.717, 1.165) is 74.6 Å². The molecule has 0 atom stereocenters. The van der Waals surface area contributed by atoms with Gasteiger partial charge in [-0.05, 0) is 49.6 Å². The molecule has 0 amide bonds. The molecule has 0 spiro atoms. The largest absolute Gasteiger partial charge is 0.497 e. The van der Waals surface area contributed by atoms with Gasteiger partial charge in [0, 0.05) is 56.0 Å². The van der Waals surface area contributed by atoms with Crippen LogP contribution in [-0.2, 0) is 6.42 Å². The quantitative estimate of drug-likeness (QED) is 0.668. The van der Waals surface area contributed by atoms with Crippen LogP contribution in [0.25, 0.3) is 0 Å². The van der Waals surface area contributed by atoms with Crippen molar-refractivity contribution in [3.05, 3.63) is 53.6 Å². The zero-order valence-electron chi connectivity index (χ0n) is 17.2. The fourth-order valence-corrected chi connectivity index (χ4v) is 4.27. The molecule has 2 aromatic rings. The third-order valence-corrected chi connectivity index (χ3v) is 5.95. The van der Waals surface area contributed by atoms with Crippen molar-refractivity contribution in [2.45, 2.75) is 25.7 Å². The molecule has 0 radical (unpaired) electrons. The average Bonchev–Trinajstić information content (AvgIpc) is 2.78. The molecule has 1 aliphatic carbocycles. The molecule has 0 bridgehead atoms. The van der Waals surface area contributed by atoms with Crippen LogP contribution in [0.5, 0.6) is 11.5 Å². The maximum Gasteiger partial charge on any atom is 0.163 e. The predicted molar refractivity (Wildman–Crippen MR) is 115 cm³/mol. The number of ketones is 1. The van der Waals surface area contributed by atoms with Crippen molar-refractivity contribution in [3.8, 4) is 11.5 Å². The van der Waals surface area contributed by atoms with E-state index >= 15 is 0 Å². The van der Waals surface area contributed by atoms with Crippen LogP contribution < -0.4 is 14.4 Å². The second-order valence-electron chi connectivity index (χ2n) is 7.79. The smallest absolute Gasteiger partial charge is 0.163 e. The standard InChI is InChI=1S/C24H30N2O3/c1-28-20-11-9-19(10-12-20)26-16-14-25(15-17-26)13-4-18-29-24-8-3-5-21-22(24)6-2-7-23(21)27/h3,5,8-12H,2,4,6-7,13-18H2,1H3. The van der Waals surface area contributed by atoms with Crippen molar-refractivity contribution in [1.82, 2.24) is 4.90 Å². The molecule has 29 heavy (non-hydrogen) atoms. The summed E-state index contributed by atoms with van der Waals surface area (Å²) in [5.41, 5.74) is 3.23. The summed E-state index contributed by atoms with van der Waals surface area (Å²) in [4.78, 5) is 17.0. The number of piperazine rings is 1. The molecular weight excluding hydrogens is 364 g/mol. The first-order chi connectivity index (χ1) is 14.2. The van der Waals surface area contributed by atoms with E-state index in [1.165, 1.54) is 5.69 Å². The number of hydrogen-bond donors (Lipinski definition) is 0. The van der Waals surface area contributed by atoms with Crippen molar-refractivity contribution in [2.24, 2.45) is 0 Å². The van der Waals surface area contributed by atoms with Gasteiger partial charge in [-0.1, -0.05) is 12.1 Å². The molecule has 1 fully saturated rings. The molecule has 0 N–H and O–H groups in total. The summed E-state index contributed by atoms with van der Waals surface area (Å²) in [6, 6.07) is 14.2. The summed E-state index contributed by atoms with van der Waals surface area (Å²) in [6.45, 7) is 5.97. The van der Waals surface area contributed by atoms with Crippen LogP contribution in [0.4, 0.5) is 5.69 Å². The van der Waals surface area contributed by atoms with Crippen LogP contribution in [0.3, 0.4) is 0 Å². The maximum atomic E-state index is 12.1. The predicted octanol–water partition coefficient (Wildman–Crippen LogP) is 3.81. The Hall–Kier alpha value is -2.53. The first-order valence-corrected chi connectivity index (χ1v) is 10.6. The highest BCUT2D eigenvalue weighted by Crippen LogP contribution is 2.29. The molecule has 0 unspecified atom stereocenters. The number of fused-ring (bicyclic) bond motifs is 1. The van der Waals surface area contributed by atoms with Crippen molar-refractivity contribution in [2.75, 3.05) is 51.3 Å². The lowest BCUT2D eigenvalue weighted by atomic mass is 9.90. The van der Waals surface area contributed by atoms with Crippen LogP contribution in [-0.4, -0.2) is 57.1 Å². The molecule has 1 heterocycles. The van der Waals surface area contributed by atoms with Gasteiger partial charge >= 0.3 is 0 Å². The van der Waals surface area contributed by atoms with Gasteiger partial charge in [-0.25, -0.2) is 0 Å². The molecule has 4 rings (SSSR count). The number of hydrogen-bond acceptors (Lipinski definition) is 5. The Labute approximate surface area is 173 Å². The van der Waals surface area contributed by atoms with E-state index in [1.807, 2.05) is 30.3 Å². The third kappa shape index (κ3) is 4.73. The molecule has 5 nitrogen and oxygen atoms in total. The van der Waals surface area contributed by atoms with E-state index < -0.39 is 0 Å². The average molecular weight is 395 g/mol. The summed E-state index contributed by atoms with van der Waals surface area (Å²) in [7, 11) is 1.70. The number of anilines is 1. The Balaban J connectivity index is 1.21. The van der Waals surface area contributed by atoms with Gasteiger partial charge in [0.1, 0.15) is 11.5 Å². The van der Waals surface area contributed by atoms with Gasteiger partial charge < -0.3 is 14.4 Å². The Morgan fingerprint density at radius 1 is 0.966 bits per heavy atom. The van der Waals surface area contributed by atoms with Gasteiger partial charge in [0.05, 0.1) is 13.7 Å². The van der Waals surface area contributed by atoms with Gasteiger partial charge in [0.15, 0.2) is 5.78 Å². The van der Waals surface area contributed by atoms with Crippen LogP contribution in [0.15, 0.2) is 42.5 Å². The number of nitrogens with zero attached hydrogens (tertiary/aromatic N) is 2. The number of rotatable bonds is 7. The molecule has 0 aromatic heterocycles. The molecule has 2 aliphatic rings. The van der Waals surface area contributed by atoms with Crippen LogP contribution in [0.2, 0.25) is 0 Å². The number of ether oxygens (including phenoxy) is 2. The van der Waals surface area contributed by atoms with Crippen molar-refractivity contribution < 1.29 is 14.3 Å². The fraction of sp³-hybridized carbons (Fsp3) is 0.458. The highest BCUT2D eigenvalue weighted by atomic mass is 16.5. The summed E-state index contributed by atoms with van der Waals surface area (Å²) in [5.74, 6) is 2.06. The summed E-state index contributed by atoms with van der Waals surface area (Å²) in [5, 5.41) is 0. The normalized spacial score (nSPS) is 17.1. The second kappa shape index (κ2) is 9.31. The molecule has 0 saturated carbocycles. The van der Waals surface area contributed by atoms with E-state index in [-0.39, 0.29) is 5.78 Å². The minimum Gasteiger partial charge on any atom is -0.497 e. The van der Waals surface area contributed by atoms with E-state index in [9.17, 15) is 4.79 Å². The van der Waals surface area contributed by atoms with Crippen molar-refractivity contribution >= 4 is 11.5 Å². The van der Waals surface area contributed by atoms with E-state index in [2.05, 4.69) is 21.9 Å². The minimum atomic E-state index is 0.256. The fourth-order valence-electron chi connectivity index (χ4n) is 4.27. The van der Waals surface area contributed by atoms with Gasteiger partial charge in [0.25, 0.3) is 0 Å². The van der Waals surface area contributed by atoms with Crippen LogP contribution in [0, 0.1) is 0 Å². The van der Waals surface area contributed by atoms with Gasteiger partial charge in [-0.2, -0.15) is 0 Å². The van der Waals surface area contributed by atoms with Gasteiger partial charge in [0.2, 0.25) is 0 Å². The molecular formula is C24H30N2O3. The highest BCUT2D eigenvalue weighted by molar-refractivity contribution is 5.99. The Morgan fingerprint density at radius 2 is 1.76 bits per heavy atom. The monoisotopic (exact) mass is 394 g/mol. The molecule has 1 saturated heterocycles. The first kappa shape index (κ1) is 19.8. The lowest BCUT2D eigenvalue weighted by Crippen LogP contribution is -2.46. The zero-order valence-corrected chi connectivity index (χ0v) is 17.2. The number of carbonyl (C=O) groups is 1. The van der Waals surface area contributed by atoms with E-state index in [4.69, 9.17) is 9.47 Å². The number of carbonyl (C=O) groups excluding carboxylic acids is 1. The van der Waals surface area contributed by atoms with Crippen molar-refractivity contribution in [1.29, 1.82) is 0 Å². The highest BCUT2D eigenvalue weighted by Gasteiger charge is 2.20. The molecule has 1 aliphatic heterocycles. The molecule has 5 heteroatoms. The Bertz CT molecular complexity index is 827. The van der Waals surface area contributed by atoms with Crippen LogP contribution >= 0.6 is 0 Å². The van der Waals surface area contributed by atoms with E-state index in [1.54, 1.807) is 7.11 Å².